The van der Waals surface area contributed by atoms with Crippen molar-refractivity contribution in [3.8, 4) is 10.7 Å². The first-order chi connectivity index (χ1) is 16.1. The highest BCUT2D eigenvalue weighted by molar-refractivity contribution is 7.29. The summed E-state index contributed by atoms with van der Waals surface area (Å²) in [6.45, 7) is 6.36. The van der Waals surface area contributed by atoms with E-state index >= 15 is 0 Å². The summed E-state index contributed by atoms with van der Waals surface area (Å²) >= 11 is 3.30. The molecule has 3 atom stereocenters. The van der Waals surface area contributed by atoms with Crippen molar-refractivity contribution in [3.63, 3.8) is 0 Å². The number of pyridine rings is 1. The van der Waals surface area contributed by atoms with Gasteiger partial charge in [-0.05, 0) is 43.9 Å². The standard InChI is InChI=1S/C24H27N7S2/c1-13-8-15(11-25-10-13)18-12-28-20(19-17(18)5-7-27-19)21-29-22-23(32-21)30-24(33-22)31(3)16-4-6-26-14(2)9-16/h5,7-8,11-14,16,26-27H,4,6,9-10H2,1-3H3/t13?,14-,16+/m1/s1. The zero-order valence-electron chi connectivity index (χ0n) is 19.0. The number of H-pyrrole nitrogens is 1. The van der Waals surface area contributed by atoms with E-state index in [9.17, 15) is 0 Å². The number of thiazole rings is 2. The van der Waals surface area contributed by atoms with Gasteiger partial charge in [0.15, 0.2) is 14.8 Å². The Balaban J connectivity index is 1.33. The zero-order valence-corrected chi connectivity index (χ0v) is 20.6. The summed E-state index contributed by atoms with van der Waals surface area (Å²) in [6.07, 6.45) is 10.5. The normalized spacial score (nSPS) is 23.4. The van der Waals surface area contributed by atoms with Gasteiger partial charge in [-0.2, -0.15) is 0 Å². The van der Waals surface area contributed by atoms with Crippen LogP contribution in [0.4, 0.5) is 5.13 Å². The third-order valence-electron chi connectivity index (χ3n) is 6.61. The van der Waals surface area contributed by atoms with E-state index in [1.165, 1.54) is 0 Å². The Kier molecular flexibility index (Phi) is 5.27. The average molecular weight is 478 g/mol. The SMILES string of the molecule is CC1C=C(c2cnc(-c3nc4sc(N(C)[C@H]5CCN[C@H](C)C5)nc4s3)c3[nH]ccc23)C=NC1. The van der Waals surface area contributed by atoms with Crippen LogP contribution in [0.3, 0.4) is 0 Å². The molecule has 4 aromatic rings. The predicted octanol–water partition coefficient (Wildman–Crippen LogP) is 4.98. The molecule has 1 saturated heterocycles. The number of dihydropyridines is 1. The number of aromatic amines is 1. The second-order valence-electron chi connectivity index (χ2n) is 9.15. The fourth-order valence-electron chi connectivity index (χ4n) is 4.82. The number of allylic oxidation sites excluding steroid dienone is 1. The molecule has 170 valence electrons. The molecule has 6 heterocycles. The third-order valence-corrected chi connectivity index (χ3v) is 8.73. The quantitative estimate of drug-likeness (QED) is 0.433. The van der Waals surface area contributed by atoms with E-state index in [4.69, 9.17) is 15.0 Å². The first-order valence-corrected chi connectivity index (χ1v) is 13.1. The van der Waals surface area contributed by atoms with Gasteiger partial charge in [-0.25, -0.2) is 9.97 Å². The summed E-state index contributed by atoms with van der Waals surface area (Å²) < 4.78 is 0. The van der Waals surface area contributed by atoms with Gasteiger partial charge >= 0.3 is 0 Å². The van der Waals surface area contributed by atoms with Gasteiger partial charge in [0, 0.05) is 55.2 Å². The minimum absolute atomic E-state index is 0.441. The van der Waals surface area contributed by atoms with Gasteiger partial charge in [-0.3, -0.25) is 9.98 Å². The smallest absolute Gasteiger partial charge is 0.188 e. The van der Waals surface area contributed by atoms with Crippen LogP contribution in [-0.2, 0) is 0 Å². The van der Waals surface area contributed by atoms with Gasteiger partial charge in [0.25, 0.3) is 0 Å². The number of piperidine rings is 1. The largest absolute Gasteiger partial charge is 0.359 e. The maximum atomic E-state index is 4.94. The van der Waals surface area contributed by atoms with Crippen LogP contribution in [-0.4, -0.2) is 58.4 Å². The van der Waals surface area contributed by atoms with E-state index in [1.807, 2.05) is 18.6 Å². The molecule has 1 fully saturated rings. The molecule has 0 spiro atoms. The number of anilines is 1. The van der Waals surface area contributed by atoms with Crippen molar-refractivity contribution in [3.05, 3.63) is 30.1 Å². The molecule has 7 nitrogen and oxygen atoms in total. The number of rotatable bonds is 4. The predicted molar refractivity (Wildman–Crippen MR) is 140 cm³/mol. The molecule has 0 aromatic carbocycles. The number of nitrogens with zero attached hydrogens (tertiary/aromatic N) is 5. The molecule has 1 unspecified atom stereocenters. The summed E-state index contributed by atoms with van der Waals surface area (Å²) in [5, 5.41) is 6.65. The van der Waals surface area contributed by atoms with Crippen LogP contribution in [0.15, 0.2) is 29.5 Å². The molecule has 0 saturated carbocycles. The fourth-order valence-corrected chi connectivity index (χ4v) is 6.90. The molecule has 4 aromatic heterocycles. The molecule has 0 radical (unpaired) electrons. The maximum absolute atomic E-state index is 4.94. The number of fused-ring (bicyclic) bond motifs is 2. The third kappa shape index (κ3) is 3.78. The number of nitrogens with one attached hydrogen (secondary N) is 2. The van der Waals surface area contributed by atoms with Gasteiger partial charge in [-0.1, -0.05) is 35.7 Å². The number of hydrogen-bond donors (Lipinski definition) is 2. The summed E-state index contributed by atoms with van der Waals surface area (Å²) in [5.41, 5.74) is 4.15. The highest BCUT2D eigenvalue weighted by Gasteiger charge is 2.25. The second-order valence-corrected chi connectivity index (χ2v) is 11.1. The first kappa shape index (κ1) is 20.9. The minimum atomic E-state index is 0.441. The van der Waals surface area contributed by atoms with E-state index in [0.29, 0.717) is 18.0 Å². The summed E-state index contributed by atoms with van der Waals surface area (Å²) in [7, 11) is 2.17. The van der Waals surface area contributed by atoms with Gasteiger partial charge in [0.2, 0.25) is 0 Å². The molecule has 0 aliphatic carbocycles. The van der Waals surface area contributed by atoms with Gasteiger partial charge in [0.1, 0.15) is 10.7 Å². The van der Waals surface area contributed by atoms with E-state index in [1.54, 1.807) is 22.7 Å². The Bertz CT molecular complexity index is 1350. The lowest BCUT2D eigenvalue weighted by Gasteiger charge is -2.34. The topological polar surface area (TPSA) is 82.1 Å². The highest BCUT2D eigenvalue weighted by Crippen LogP contribution is 2.39. The van der Waals surface area contributed by atoms with Crippen molar-refractivity contribution in [2.75, 3.05) is 25.0 Å². The Morgan fingerprint density at radius 3 is 2.85 bits per heavy atom. The van der Waals surface area contributed by atoms with Crippen molar-refractivity contribution in [2.24, 2.45) is 10.9 Å². The van der Waals surface area contributed by atoms with Crippen LogP contribution in [0.25, 0.3) is 36.8 Å². The summed E-state index contributed by atoms with van der Waals surface area (Å²) in [4.78, 5) is 26.9. The lowest BCUT2D eigenvalue weighted by molar-refractivity contribution is 0.371. The summed E-state index contributed by atoms with van der Waals surface area (Å²) in [6, 6.07) is 3.19. The minimum Gasteiger partial charge on any atom is -0.359 e. The highest BCUT2D eigenvalue weighted by atomic mass is 32.1. The van der Waals surface area contributed by atoms with E-state index < -0.39 is 0 Å². The molecule has 33 heavy (non-hydrogen) atoms. The molecule has 2 aliphatic rings. The second kappa shape index (κ2) is 8.30. The van der Waals surface area contributed by atoms with E-state index in [2.05, 4.69) is 53.2 Å². The van der Waals surface area contributed by atoms with Gasteiger partial charge in [-0.15, -0.1) is 0 Å². The number of aliphatic imine (C=N–C) groups is 1. The van der Waals surface area contributed by atoms with Crippen LogP contribution in [0.1, 0.15) is 32.3 Å². The Hall–Kier alpha value is -2.62. The van der Waals surface area contributed by atoms with Crippen LogP contribution in [0.2, 0.25) is 0 Å². The van der Waals surface area contributed by atoms with Crippen LogP contribution >= 0.6 is 22.7 Å². The Morgan fingerprint density at radius 1 is 1.15 bits per heavy atom. The average Bonchev–Trinajstić information content (AvgIpc) is 3.53. The lowest BCUT2D eigenvalue weighted by atomic mass is 9.98. The zero-order chi connectivity index (χ0) is 22.5. The monoisotopic (exact) mass is 477 g/mol. The Morgan fingerprint density at radius 2 is 2.03 bits per heavy atom. The Labute approximate surface area is 200 Å². The van der Waals surface area contributed by atoms with Crippen molar-refractivity contribution in [1.82, 2.24) is 25.3 Å². The molecule has 2 aliphatic heterocycles. The maximum Gasteiger partial charge on any atom is 0.188 e. The van der Waals surface area contributed by atoms with Crippen molar-refractivity contribution >= 4 is 60.2 Å². The van der Waals surface area contributed by atoms with Crippen LogP contribution in [0, 0.1) is 5.92 Å². The summed E-state index contributed by atoms with van der Waals surface area (Å²) in [5.74, 6) is 0.441. The fraction of sp³-hybridized carbons (Fsp3) is 0.417. The van der Waals surface area contributed by atoms with Crippen LogP contribution < -0.4 is 10.2 Å². The van der Waals surface area contributed by atoms with Crippen molar-refractivity contribution < 1.29 is 0 Å². The van der Waals surface area contributed by atoms with Gasteiger partial charge in [0.05, 0.1) is 5.52 Å². The van der Waals surface area contributed by atoms with Crippen LogP contribution in [0.5, 0.6) is 0 Å². The molecule has 0 amide bonds. The van der Waals surface area contributed by atoms with E-state index in [0.717, 1.165) is 73.5 Å². The van der Waals surface area contributed by atoms with Gasteiger partial charge < -0.3 is 15.2 Å². The molecule has 0 bridgehead atoms. The molecule has 2 N–H and O–H groups in total. The molecule has 6 rings (SSSR count). The molecule has 9 heteroatoms. The molecular weight excluding hydrogens is 450 g/mol. The number of aromatic nitrogens is 4. The lowest BCUT2D eigenvalue weighted by Crippen LogP contribution is -2.45. The van der Waals surface area contributed by atoms with E-state index in [-0.39, 0.29) is 0 Å². The van der Waals surface area contributed by atoms with Crippen molar-refractivity contribution in [2.45, 2.75) is 38.8 Å². The van der Waals surface area contributed by atoms with Crippen molar-refractivity contribution in [1.29, 1.82) is 0 Å². The molecular formula is C24H27N7S2. The first-order valence-electron chi connectivity index (χ1n) is 11.5. The number of hydrogen-bond acceptors (Lipinski definition) is 8.